The van der Waals surface area contributed by atoms with Gasteiger partial charge in [-0.05, 0) is 62.7 Å². The summed E-state index contributed by atoms with van der Waals surface area (Å²) >= 11 is 0. The van der Waals surface area contributed by atoms with Crippen molar-refractivity contribution < 1.29 is 22.7 Å². The first-order chi connectivity index (χ1) is 13.7. The Morgan fingerprint density at radius 2 is 1.76 bits per heavy atom. The molecule has 0 radical (unpaired) electrons. The third kappa shape index (κ3) is 5.71. The first-order valence-electron chi connectivity index (χ1n) is 9.04. The molecule has 2 amide bonds. The number of hydrogen-bond acceptors (Lipinski definition) is 5. The summed E-state index contributed by atoms with van der Waals surface area (Å²) in [6, 6.07) is 10.0. The molecule has 2 rings (SSSR count). The molecular formula is C20H25N3O5S. The minimum Gasteiger partial charge on any atom is -0.497 e. The molecule has 2 aromatic rings. The van der Waals surface area contributed by atoms with Crippen LogP contribution in [0, 0.1) is 6.92 Å². The van der Waals surface area contributed by atoms with Gasteiger partial charge in [-0.25, -0.2) is 8.42 Å². The molecule has 0 aliphatic heterocycles. The summed E-state index contributed by atoms with van der Waals surface area (Å²) in [6.07, 6.45) is 0. The van der Waals surface area contributed by atoms with Crippen molar-refractivity contribution in [2.24, 2.45) is 0 Å². The molecule has 0 fully saturated rings. The van der Waals surface area contributed by atoms with E-state index in [0.29, 0.717) is 23.5 Å². The highest BCUT2D eigenvalue weighted by molar-refractivity contribution is 7.92. The Balaban J connectivity index is 2.24. The van der Waals surface area contributed by atoms with Gasteiger partial charge in [-0.1, -0.05) is 6.07 Å². The Bertz CT molecular complexity index is 988. The van der Waals surface area contributed by atoms with Crippen molar-refractivity contribution in [1.82, 2.24) is 10.6 Å². The summed E-state index contributed by atoms with van der Waals surface area (Å²) in [7, 11) is -2.40. The van der Waals surface area contributed by atoms with Crippen LogP contribution in [0.5, 0.6) is 5.75 Å². The molecule has 0 spiro atoms. The molecule has 156 valence electrons. The highest BCUT2D eigenvalue weighted by atomic mass is 32.2. The second-order valence-electron chi connectivity index (χ2n) is 6.40. The van der Waals surface area contributed by atoms with Gasteiger partial charge >= 0.3 is 0 Å². The topological polar surface area (TPSA) is 114 Å². The van der Waals surface area contributed by atoms with E-state index in [1.54, 1.807) is 51.1 Å². The van der Waals surface area contributed by atoms with E-state index in [9.17, 15) is 18.0 Å². The minimum absolute atomic E-state index is 0.0216. The number of anilines is 1. The Kier molecular flexibility index (Phi) is 7.22. The van der Waals surface area contributed by atoms with E-state index in [1.165, 1.54) is 19.2 Å². The summed E-state index contributed by atoms with van der Waals surface area (Å²) in [4.78, 5) is 24.2. The minimum atomic E-state index is -3.92. The van der Waals surface area contributed by atoms with Gasteiger partial charge in [-0.3, -0.25) is 14.3 Å². The Labute approximate surface area is 170 Å². The zero-order valence-corrected chi connectivity index (χ0v) is 17.6. The molecule has 0 heterocycles. The van der Waals surface area contributed by atoms with E-state index in [1.807, 2.05) is 0 Å². The number of carbonyl (C=O) groups excluding carboxylic acids is 2. The van der Waals surface area contributed by atoms with E-state index >= 15 is 0 Å². The number of carbonyl (C=O) groups is 2. The van der Waals surface area contributed by atoms with E-state index in [4.69, 9.17) is 4.74 Å². The Morgan fingerprint density at radius 3 is 2.34 bits per heavy atom. The third-order valence-electron chi connectivity index (χ3n) is 4.17. The molecule has 0 saturated carbocycles. The maximum atomic E-state index is 12.8. The van der Waals surface area contributed by atoms with Gasteiger partial charge < -0.3 is 15.4 Å². The summed E-state index contributed by atoms with van der Waals surface area (Å²) in [5.74, 6) is -0.254. The molecule has 29 heavy (non-hydrogen) atoms. The van der Waals surface area contributed by atoms with Gasteiger partial charge in [0.2, 0.25) is 5.91 Å². The first-order valence-corrected chi connectivity index (χ1v) is 10.5. The predicted molar refractivity (Wildman–Crippen MR) is 111 cm³/mol. The molecule has 0 bridgehead atoms. The van der Waals surface area contributed by atoms with Crippen LogP contribution < -0.4 is 20.1 Å². The van der Waals surface area contributed by atoms with E-state index in [0.717, 1.165) is 0 Å². The molecular weight excluding hydrogens is 394 g/mol. The largest absolute Gasteiger partial charge is 0.497 e. The zero-order chi connectivity index (χ0) is 21.6. The Hall–Kier alpha value is -3.07. The van der Waals surface area contributed by atoms with Crippen molar-refractivity contribution in [2.45, 2.75) is 31.7 Å². The van der Waals surface area contributed by atoms with Gasteiger partial charge in [0.15, 0.2) is 0 Å². The molecule has 0 saturated heterocycles. The van der Waals surface area contributed by atoms with Gasteiger partial charge in [-0.2, -0.15) is 0 Å². The monoisotopic (exact) mass is 419 g/mol. The van der Waals surface area contributed by atoms with Crippen LogP contribution in [0.3, 0.4) is 0 Å². The number of benzene rings is 2. The Morgan fingerprint density at radius 1 is 1.10 bits per heavy atom. The zero-order valence-electron chi connectivity index (χ0n) is 16.8. The maximum absolute atomic E-state index is 12.8. The maximum Gasteiger partial charge on any atom is 0.262 e. The van der Waals surface area contributed by atoms with Crippen LogP contribution in [0.2, 0.25) is 0 Å². The molecule has 0 aromatic heterocycles. The predicted octanol–water partition coefficient (Wildman–Crippen LogP) is 2.06. The third-order valence-corrected chi connectivity index (χ3v) is 5.70. The summed E-state index contributed by atoms with van der Waals surface area (Å²) in [5.41, 5.74) is 0.992. The van der Waals surface area contributed by atoms with E-state index in [-0.39, 0.29) is 16.4 Å². The average molecular weight is 420 g/mol. The van der Waals surface area contributed by atoms with Gasteiger partial charge in [0, 0.05) is 17.8 Å². The SMILES string of the molecule is CCNC(=O)[C@@H](C)NC(=O)c1ccc(C)c(S(=O)(=O)Nc2ccc(OC)cc2)c1. The molecule has 2 aromatic carbocycles. The van der Waals surface area contributed by atoms with Crippen LogP contribution in [0.25, 0.3) is 0 Å². The van der Waals surface area contributed by atoms with Crippen LogP contribution in [-0.4, -0.2) is 39.9 Å². The highest BCUT2D eigenvalue weighted by Gasteiger charge is 2.21. The summed E-state index contributed by atoms with van der Waals surface area (Å²) in [6.45, 7) is 5.42. The standard InChI is InChI=1S/C20H25N3O5S/c1-5-21-19(24)14(3)22-20(25)15-7-6-13(2)18(12-15)29(26,27)23-16-8-10-17(28-4)11-9-16/h6-12,14,23H,5H2,1-4H3,(H,21,24)(H,22,25)/t14-/m1/s1. The van der Waals surface area contributed by atoms with Crippen LogP contribution in [0.4, 0.5) is 5.69 Å². The lowest BCUT2D eigenvalue weighted by Crippen LogP contribution is -2.44. The van der Waals surface area contributed by atoms with E-state index < -0.39 is 22.0 Å². The molecule has 0 aliphatic carbocycles. The molecule has 9 heteroatoms. The van der Waals surface area contributed by atoms with Gasteiger partial charge in [0.25, 0.3) is 15.9 Å². The fraction of sp³-hybridized carbons (Fsp3) is 0.300. The number of likely N-dealkylation sites (N-methyl/N-ethyl adjacent to an activating group) is 1. The lowest BCUT2D eigenvalue weighted by Gasteiger charge is -2.15. The van der Waals surface area contributed by atoms with Crippen LogP contribution in [0.15, 0.2) is 47.4 Å². The molecule has 8 nitrogen and oxygen atoms in total. The van der Waals surface area contributed by atoms with Crippen molar-refractivity contribution in [3.8, 4) is 5.75 Å². The van der Waals surface area contributed by atoms with Crippen molar-refractivity contribution in [3.63, 3.8) is 0 Å². The van der Waals surface area contributed by atoms with E-state index in [2.05, 4.69) is 15.4 Å². The number of nitrogens with one attached hydrogen (secondary N) is 3. The number of aryl methyl sites for hydroxylation is 1. The molecule has 3 N–H and O–H groups in total. The number of amides is 2. The lowest BCUT2D eigenvalue weighted by molar-refractivity contribution is -0.122. The van der Waals surface area contributed by atoms with Gasteiger partial charge in [0.05, 0.1) is 12.0 Å². The molecule has 1 atom stereocenters. The van der Waals surface area contributed by atoms with Crippen molar-refractivity contribution >= 4 is 27.5 Å². The number of sulfonamides is 1. The quantitative estimate of drug-likeness (QED) is 0.606. The smallest absolute Gasteiger partial charge is 0.262 e. The number of methoxy groups -OCH3 is 1. The van der Waals surface area contributed by atoms with Crippen molar-refractivity contribution in [3.05, 3.63) is 53.6 Å². The number of rotatable bonds is 8. The van der Waals surface area contributed by atoms with Crippen LogP contribution in [0.1, 0.15) is 29.8 Å². The number of ether oxygens (including phenoxy) is 1. The van der Waals surface area contributed by atoms with Gasteiger partial charge in [-0.15, -0.1) is 0 Å². The van der Waals surface area contributed by atoms with Crippen LogP contribution >= 0.6 is 0 Å². The van der Waals surface area contributed by atoms with Gasteiger partial charge in [0.1, 0.15) is 11.8 Å². The normalized spacial score (nSPS) is 12.0. The average Bonchev–Trinajstić information content (AvgIpc) is 2.68. The summed E-state index contributed by atoms with van der Waals surface area (Å²) in [5, 5.41) is 5.17. The fourth-order valence-electron chi connectivity index (χ4n) is 2.57. The molecule has 0 aliphatic rings. The highest BCUT2D eigenvalue weighted by Crippen LogP contribution is 2.22. The van der Waals surface area contributed by atoms with Crippen molar-refractivity contribution in [2.75, 3.05) is 18.4 Å². The molecule has 0 unspecified atom stereocenters. The second-order valence-corrected chi connectivity index (χ2v) is 8.05. The fourth-order valence-corrected chi connectivity index (χ4v) is 3.90. The van der Waals surface area contributed by atoms with Crippen molar-refractivity contribution in [1.29, 1.82) is 0 Å². The second kappa shape index (κ2) is 9.42. The summed E-state index contributed by atoms with van der Waals surface area (Å²) < 4.78 is 33.2. The lowest BCUT2D eigenvalue weighted by atomic mass is 10.1. The van der Waals surface area contributed by atoms with Crippen LogP contribution in [-0.2, 0) is 14.8 Å². The number of hydrogen-bond donors (Lipinski definition) is 3. The first kappa shape index (κ1) is 22.2.